The molecular weight excluding hydrogens is 398 g/mol. The second kappa shape index (κ2) is 9.24. The minimum atomic E-state index is -0.486. The lowest BCUT2D eigenvalue weighted by Crippen LogP contribution is -2.38. The van der Waals surface area contributed by atoms with Gasteiger partial charge in [0.1, 0.15) is 12.1 Å². The first-order valence-electron chi connectivity index (χ1n) is 9.19. The van der Waals surface area contributed by atoms with Crippen molar-refractivity contribution in [2.45, 2.75) is 25.9 Å². The van der Waals surface area contributed by atoms with Crippen molar-refractivity contribution in [3.05, 3.63) is 58.6 Å². The number of hydrogen-bond acceptors (Lipinski definition) is 9. The lowest BCUT2D eigenvalue weighted by Gasteiger charge is -2.29. The second-order valence-corrected chi connectivity index (χ2v) is 6.53. The van der Waals surface area contributed by atoms with Crippen LogP contribution < -0.4 is 4.90 Å². The van der Waals surface area contributed by atoms with E-state index in [1.54, 1.807) is 55.1 Å². The highest BCUT2D eigenvalue weighted by atomic mass is 16.6. The summed E-state index contributed by atoms with van der Waals surface area (Å²) in [5.41, 5.74) is 1.70. The fourth-order valence-corrected chi connectivity index (χ4v) is 2.89. The molecular formula is C20H17N9O2. The van der Waals surface area contributed by atoms with E-state index in [0.717, 1.165) is 0 Å². The standard InChI is InChI=1S/C20H17N9O2/c1-13(11-21)28(14(2)12-22)17-8-6-16(7-9-17)24-26-20-23-19(25-27-20)15-4-3-5-18(10-15)29(30)31/h3-10,13-14H,1-2H3,(H,23,25,27). The predicted octanol–water partition coefficient (Wildman–Crippen LogP) is 4.43. The maximum atomic E-state index is 10.9. The number of non-ortho nitro benzene ring substituents is 1. The predicted molar refractivity (Wildman–Crippen MR) is 112 cm³/mol. The molecule has 0 fully saturated rings. The number of nitro groups is 1. The number of nitrogens with one attached hydrogen (secondary N) is 1. The quantitative estimate of drug-likeness (QED) is 0.339. The van der Waals surface area contributed by atoms with Crippen molar-refractivity contribution in [2.75, 3.05) is 4.90 Å². The number of nitriles is 2. The summed E-state index contributed by atoms with van der Waals surface area (Å²) >= 11 is 0. The Morgan fingerprint density at radius 3 is 2.39 bits per heavy atom. The smallest absolute Gasteiger partial charge is 0.287 e. The van der Waals surface area contributed by atoms with Gasteiger partial charge in [-0.15, -0.1) is 15.3 Å². The van der Waals surface area contributed by atoms with Crippen LogP contribution in [0.4, 0.5) is 23.0 Å². The van der Waals surface area contributed by atoms with Crippen LogP contribution >= 0.6 is 0 Å². The molecule has 0 spiro atoms. The second-order valence-electron chi connectivity index (χ2n) is 6.53. The van der Waals surface area contributed by atoms with Gasteiger partial charge in [0.05, 0.1) is 22.7 Å². The molecule has 1 N–H and O–H groups in total. The Morgan fingerprint density at radius 1 is 1.10 bits per heavy atom. The minimum absolute atomic E-state index is 0.0531. The first kappa shape index (κ1) is 21.1. The molecule has 0 amide bonds. The number of nitrogens with zero attached hydrogens (tertiary/aromatic N) is 8. The van der Waals surface area contributed by atoms with E-state index in [1.165, 1.54) is 12.1 Å². The van der Waals surface area contributed by atoms with E-state index in [9.17, 15) is 20.6 Å². The molecule has 0 aliphatic heterocycles. The summed E-state index contributed by atoms with van der Waals surface area (Å²) in [5, 5.41) is 44.0. The van der Waals surface area contributed by atoms with Gasteiger partial charge in [-0.25, -0.2) is 0 Å². The lowest BCUT2D eigenvalue weighted by molar-refractivity contribution is -0.384. The van der Waals surface area contributed by atoms with Gasteiger partial charge in [0, 0.05) is 23.4 Å². The average Bonchev–Trinajstić information content (AvgIpc) is 3.27. The highest BCUT2D eigenvalue weighted by Crippen LogP contribution is 2.25. The minimum Gasteiger partial charge on any atom is -0.340 e. The van der Waals surface area contributed by atoms with E-state index in [1.807, 2.05) is 0 Å². The topological polar surface area (TPSA) is 160 Å². The van der Waals surface area contributed by atoms with E-state index in [0.29, 0.717) is 22.8 Å². The Hall–Kier alpha value is -4.64. The molecule has 1 aromatic heterocycles. The molecule has 2 unspecified atom stereocenters. The van der Waals surface area contributed by atoms with Crippen LogP contribution in [0.2, 0.25) is 0 Å². The molecule has 0 radical (unpaired) electrons. The van der Waals surface area contributed by atoms with Crippen LogP contribution in [-0.4, -0.2) is 32.2 Å². The average molecular weight is 415 g/mol. The molecule has 2 aromatic carbocycles. The van der Waals surface area contributed by atoms with E-state index in [2.05, 4.69) is 37.5 Å². The number of azo groups is 1. The van der Waals surface area contributed by atoms with E-state index in [-0.39, 0.29) is 11.6 Å². The molecule has 0 aliphatic rings. The fourth-order valence-electron chi connectivity index (χ4n) is 2.89. The maximum absolute atomic E-state index is 10.9. The Morgan fingerprint density at radius 2 is 1.77 bits per heavy atom. The first-order chi connectivity index (χ1) is 14.9. The molecule has 0 saturated heterocycles. The number of aromatic nitrogens is 3. The summed E-state index contributed by atoms with van der Waals surface area (Å²) in [6.07, 6.45) is 0. The van der Waals surface area contributed by atoms with Gasteiger partial charge in [-0.05, 0) is 38.1 Å². The van der Waals surface area contributed by atoms with Crippen LogP contribution in [-0.2, 0) is 0 Å². The van der Waals surface area contributed by atoms with Gasteiger partial charge in [0.15, 0.2) is 5.82 Å². The number of anilines is 1. The first-order valence-corrected chi connectivity index (χ1v) is 9.19. The molecule has 1 heterocycles. The molecule has 11 nitrogen and oxygen atoms in total. The molecule has 31 heavy (non-hydrogen) atoms. The van der Waals surface area contributed by atoms with E-state index in [4.69, 9.17) is 0 Å². The summed E-state index contributed by atoms with van der Waals surface area (Å²) in [4.78, 5) is 16.3. The summed E-state index contributed by atoms with van der Waals surface area (Å²) in [6, 6.07) is 16.3. The van der Waals surface area contributed by atoms with Crippen LogP contribution in [0.5, 0.6) is 0 Å². The van der Waals surface area contributed by atoms with Crippen molar-refractivity contribution in [2.24, 2.45) is 10.2 Å². The summed E-state index contributed by atoms with van der Waals surface area (Å²) in [7, 11) is 0. The summed E-state index contributed by atoms with van der Waals surface area (Å²) in [6.45, 7) is 3.45. The number of benzene rings is 2. The fraction of sp³-hybridized carbons (Fsp3) is 0.200. The number of nitro benzene ring substituents is 1. The Balaban J connectivity index is 1.76. The van der Waals surface area contributed by atoms with Gasteiger partial charge < -0.3 is 4.90 Å². The third-order valence-electron chi connectivity index (χ3n) is 4.41. The maximum Gasteiger partial charge on any atom is 0.287 e. The van der Waals surface area contributed by atoms with Crippen LogP contribution in [0.25, 0.3) is 11.4 Å². The molecule has 0 bridgehead atoms. The van der Waals surface area contributed by atoms with Crippen molar-refractivity contribution >= 4 is 23.0 Å². The van der Waals surface area contributed by atoms with Crippen molar-refractivity contribution in [3.8, 4) is 23.5 Å². The van der Waals surface area contributed by atoms with E-state index < -0.39 is 17.0 Å². The highest BCUT2D eigenvalue weighted by Gasteiger charge is 2.20. The number of aromatic amines is 1. The summed E-state index contributed by atoms with van der Waals surface area (Å²) < 4.78 is 0. The molecule has 2 atom stereocenters. The molecule has 154 valence electrons. The van der Waals surface area contributed by atoms with Gasteiger partial charge in [-0.1, -0.05) is 12.1 Å². The zero-order chi connectivity index (χ0) is 22.4. The molecule has 0 aliphatic carbocycles. The zero-order valence-corrected chi connectivity index (χ0v) is 16.7. The third-order valence-corrected chi connectivity index (χ3v) is 4.41. The van der Waals surface area contributed by atoms with Gasteiger partial charge in [-0.3, -0.25) is 15.2 Å². The lowest BCUT2D eigenvalue weighted by atomic mass is 10.1. The molecule has 0 saturated carbocycles. The third kappa shape index (κ3) is 4.86. The van der Waals surface area contributed by atoms with Crippen molar-refractivity contribution in [1.29, 1.82) is 10.5 Å². The Labute approximate surface area is 177 Å². The Bertz CT molecular complexity index is 1170. The number of H-pyrrole nitrogens is 1. The Kier molecular flexibility index (Phi) is 6.28. The van der Waals surface area contributed by atoms with Crippen molar-refractivity contribution in [1.82, 2.24) is 15.2 Å². The number of hydrogen-bond donors (Lipinski definition) is 1. The summed E-state index contributed by atoms with van der Waals surface area (Å²) in [5.74, 6) is 0.406. The van der Waals surface area contributed by atoms with Gasteiger partial charge in [-0.2, -0.15) is 15.5 Å². The normalized spacial score (nSPS) is 12.6. The van der Waals surface area contributed by atoms with Crippen molar-refractivity contribution < 1.29 is 4.92 Å². The van der Waals surface area contributed by atoms with Crippen LogP contribution in [0.15, 0.2) is 58.8 Å². The van der Waals surface area contributed by atoms with Crippen LogP contribution in [0, 0.1) is 32.8 Å². The van der Waals surface area contributed by atoms with Crippen LogP contribution in [0.3, 0.4) is 0 Å². The van der Waals surface area contributed by atoms with Gasteiger partial charge in [0.25, 0.3) is 11.6 Å². The molecule has 3 rings (SSSR count). The van der Waals surface area contributed by atoms with E-state index >= 15 is 0 Å². The monoisotopic (exact) mass is 415 g/mol. The highest BCUT2D eigenvalue weighted by molar-refractivity contribution is 5.59. The van der Waals surface area contributed by atoms with Gasteiger partial charge in [0.2, 0.25) is 0 Å². The molecule has 3 aromatic rings. The van der Waals surface area contributed by atoms with Gasteiger partial charge >= 0.3 is 0 Å². The SMILES string of the molecule is CC(C#N)N(c1ccc(N=Nc2n[nH]c(-c3cccc([N+](=O)[O-])c3)n2)cc1)C(C)C#N. The van der Waals surface area contributed by atoms with Crippen LogP contribution in [0.1, 0.15) is 13.8 Å². The molecule has 11 heteroatoms. The van der Waals surface area contributed by atoms with Crippen molar-refractivity contribution in [3.63, 3.8) is 0 Å². The largest absolute Gasteiger partial charge is 0.340 e. The zero-order valence-electron chi connectivity index (χ0n) is 16.7. The number of rotatable bonds is 7.